The number of hydrogen-bond donors (Lipinski definition) is 2. The summed E-state index contributed by atoms with van der Waals surface area (Å²) in [6, 6.07) is 13.5. The molecule has 1 aliphatic rings. The first-order valence-electron chi connectivity index (χ1n) is 9.26. The molecule has 2 aromatic carbocycles. The van der Waals surface area contributed by atoms with Crippen molar-refractivity contribution >= 4 is 38.1 Å². The predicted octanol–water partition coefficient (Wildman–Crippen LogP) is 2.83. The topological polar surface area (TPSA) is 115 Å². The monoisotopic (exact) mass is 446 g/mol. The Morgan fingerprint density at radius 3 is 2.57 bits per heavy atom. The predicted molar refractivity (Wildman–Crippen MR) is 117 cm³/mol. The molecule has 8 nitrogen and oxygen atoms in total. The molecule has 158 valence electrons. The van der Waals surface area contributed by atoms with Gasteiger partial charge in [-0.05, 0) is 42.0 Å². The molecule has 1 unspecified atom stereocenters. The zero-order valence-electron chi connectivity index (χ0n) is 15.9. The molecule has 10 heteroatoms. The maximum atomic E-state index is 12.8. The molecular formula is C20H22N4O4S2. The van der Waals surface area contributed by atoms with E-state index < -0.39 is 16.1 Å². The summed E-state index contributed by atoms with van der Waals surface area (Å²) >= 11 is 1.20. The largest absolute Gasteiger partial charge is 0.481 e. The molecule has 1 atom stereocenters. The second-order valence-corrected chi connectivity index (χ2v) is 9.25. The highest BCUT2D eigenvalue weighted by Crippen LogP contribution is 2.27. The van der Waals surface area contributed by atoms with Gasteiger partial charge in [0.1, 0.15) is 5.75 Å². The lowest BCUT2D eigenvalue weighted by molar-refractivity contribution is -0.122. The van der Waals surface area contributed by atoms with Crippen LogP contribution in [0.4, 0.5) is 10.8 Å². The number of nitrogens with one attached hydrogen (secondary N) is 1. The highest BCUT2D eigenvalue weighted by Gasteiger charge is 2.34. The molecule has 4 rings (SSSR count). The van der Waals surface area contributed by atoms with E-state index in [4.69, 9.17) is 10.5 Å². The van der Waals surface area contributed by atoms with E-state index in [9.17, 15) is 13.2 Å². The Morgan fingerprint density at radius 1 is 1.20 bits per heavy atom. The van der Waals surface area contributed by atoms with Gasteiger partial charge in [-0.25, -0.2) is 13.4 Å². The van der Waals surface area contributed by atoms with Crippen molar-refractivity contribution in [2.45, 2.75) is 24.0 Å². The molecule has 0 radical (unpaired) electrons. The van der Waals surface area contributed by atoms with Crippen LogP contribution in [0.25, 0.3) is 0 Å². The first-order chi connectivity index (χ1) is 14.5. The lowest BCUT2D eigenvalue weighted by atomic mass is 10.2. The van der Waals surface area contributed by atoms with E-state index in [1.807, 2.05) is 12.1 Å². The van der Waals surface area contributed by atoms with Crippen molar-refractivity contribution < 1.29 is 19.4 Å². The maximum Gasteiger partial charge on any atom is 0.268 e. The zero-order valence-corrected chi connectivity index (χ0v) is 17.5. The van der Waals surface area contributed by atoms with Crippen molar-refractivity contribution in [1.29, 1.82) is 0 Å². The summed E-state index contributed by atoms with van der Waals surface area (Å²) in [6.45, 7) is 0.940. The van der Waals surface area contributed by atoms with Gasteiger partial charge in [-0.2, -0.15) is 0 Å². The third-order valence-electron chi connectivity index (χ3n) is 4.71. The average molecular weight is 447 g/mol. The van der Waals surface area contributed by atoms with Gasteiger partial charge < -0.3 is 15.4 Å². The Bertz CT molecular complexity index is 1120. The van der Waals surface area contributed by atoms with Gasteiger partial charge in [-0.15, -0.1) is 11.3 Å². The number of ether oxygens (including phenoxy) is 1. The van der Waals surface area contributed by atoms with E-state index in [2.05, 4.69) is 9.71 Å². The number of carbonyl (C=O) groups excluding carboxylic acids is 1. The fourth-order valence-corrected chi connectivity index (χ4v) is 4.93. The number of rotatable bonds is 7. The molecule has 30 heavy (non-hydrogen) atoms. The Morgan fingerprint density at radius 2 is 1.93 bits per heavy atom. The van der Waals surface area contributed by atoms with Crippen LogP contribution in [0.3, 0.4) is 0 Å². The first-order valence-corrected chi connectivity index (χ1v) is 11.6. The fraction of sp³-hybridized carbons (Fsp3) is 0.200. The number of hydrogen-bond acceptors (Lipinski definition) is 7. The molecule has 1 fully saturated rings. The van der Waals surface area contributed by atoms with Crippen molar-refractivity contribution in [2.24, 2.45) is 5.73 Å². The molecule has 1 amide bonds. The molecule has 0 aliphatic carbocycles. The van der Waals surface area contributed by atoms with Crippen molar-refractivity contribution in [1.82, 2.24) is 4.98 Å². The van der Waals surface area contributed by atoms with Crippen molar-refractivity contribution in [3.8, 4) is 5.75 Å². The Labute approximate surface area is 179 Å². The van der Waals surface area contributed by atoms with Crippen LogP contribution in [0.2, 0.25) is 0 Å². The van der Waals surface area contributed by atoms with Crippen LogP contribution in [0.5, 0.6) is 5.75 Å². The van der Waals surface area contributed by atoms with Crippen LogP contribution >= 0.6 is 11.3 Å². The average Bonchev–Trinajstić information content (AvgIpc) is 3.38. The molecular weight excluding hydrogens is 424 g/mol. The lowest BCUT2D eigenvalue weighted by Gasteiger charge is -2.18. The number of aromatic nitrogens is 1. The summed E-state index contributed by atoms with van der Waals surface area (Å²) < 4.78 is 33.1. The fourth-order valence-electron chi connectivity index (χ4n) is 3.14. The second kappa shape index (κ2) is 8.42. The smallest absolute Gasteiger partial charge is 0.268 e. The van der Waals surface area contributed by atoms with Crippen molar-refractivity contribution in [3.05, 3.63) is 65.7 Å². The summed E-state index contributed by atoms with van der Waals surface area (Å²) in [5, 5.41) is 1.98. The van der Waals surface area contributed by atoms with Gasteiger partial charge in [-0.3, -0.25) is 9.52 Å². The molecule has 0 spiro atoms. The number of amides is 1. The third kappa shape index (κ3) is 4.30. The standard InChI is InChI=1S/C20H20N4O4S2.H2/c21-13-14-1-5-16(6-2-14)28-18-9-11-24(19(18)25)15-3-7-17(8-4-15)30(26,27)23-20-22-10-12-29-20;/h1-8,10,12,18H,9,11,13,21H2,(H,22,23);1H. The second-order valence-electron chi connectivity index (χ2n) is 6.67. The Hall–Kier alpha value is -2.95. The summed E-state index contributed by atoms with van der Waals surface area (Å²) in [6.07, 6.45) is 1.49. The van der Waals surface area contributed by atoms with Crippen LogP contribution < -0.4 is 20.1 Å². The highest BCUT2D eigenvalue weighted by atomic mass is 32.2. The molecule has 0 bridgehead atoms. The van der Waals surface area contributed by atoms with Gasteiger partial charge in [0.25, 0.3) is 15.9 Å². The summed E-state index contributed by atoms with van der Waals surface area (Å²) in [4.78, 5) is 18.4. The van der Waals surface area contributed by atoms with Gasteiger partial charge in [0.15, 0.2) is 11.2 Å². The summed E-state index contributed by atoms with van der Waals surface area (Å²) in [5.41, 5.74) is 7.20. The van der Waals surface area contributed by atoms with Gasteiger partial charge in [-0.1, -0.05) is 12.1 Å². The van der Waals surface area contributed by atoms with Gasteiger partial charge >= 0.3 is 0 Å². The summed E-state index contributed by atoms with van der Waals surface area (Å²) in [7, 11) is -3.73. The first kappa shape index (κ1) is 20.3. The minimum atomic E-state index is -3.73. The SMILES string of the molecule is NCc1ccc(OC2CCN(c3ccc(S(=O)(=O)Nc4nccs4)cc3)C2=O)cc1.[HH]. The van der Waals surface area contributed by atoms with Gasteiger partial charge in [0.2, 0.25) is 0 Å². The van der Waals surface area contributed by atoms with Crippen LogP contribution in [-0.2, 0) is 21.4 Å². The normalized spacial score (nSPS) is 16.6. The maximum absolute atomic E-state index is 12.8. The number of sulfonamides is 1. The van der Waals surface area contributed by atoms with Crippen LogP contribution in [-0.4, -0.2) is 32.0 Å². The molecule has 1 saturated heterocycles. The molecule has 3 aromatic rings. The quantitative estimate of drug-likeness (QED) is 0.577. The number of anilines is 2. The van der Waals surface area contributed by atoms with Crippen LogP contribution in [0.15, 0.2) is 65.0 Å². The Balaban J connectivity index is 0.00000272. The molecule has 1 aromatic heterocycles. The number of nitrogens with zero attached hydrogens (tertiary/aromatic N) is 2. The van der Waals surface area contributed by atoms with E-state index in [-0.39, 0.29) is 12.2 Å². The molecule has 1 aliphatic heterocycles. The van der Waals surface area contributed by atoms with E-state index >= 15 is 0 Å². The van der Waals surface area contributed by atoms with E-state index in [0.29, 0.717) is 36.1 Å². The van der Waals surface area contributed by atoms with E-state index in [0.717, 1.165) is 5.56 Å². The molecule has 2 heterocycles. The van der Waals surface area contributed by atoms with Gasteiger partial charge in [0, 0.05) is 38.2 Å². The van der Waals surface area contributed by atoms with Gasteiger partial charge in [0.05, 0.1) is 4.90 Å². The molecule has 0 saturated carbocycles. The van der Waals surface area contributed by atoms with E-state index in [1.165, 1.54) is 29.7 Å². The Kier molecular flexibility index (Phi) is 5.71. The summed E-state index contributed by atoms with van der Waals surface area (Å²) in [5.74, 6) is 0.455. The number of thiazole rings is 1. The zero-order chi connectivity index (χ0) is 21.1. The minimum Gasteiger partial charge on any atom is -0.481 e. The number of carbonyl (C=O) groups is 1. The minimum absolute atomic E-state index is 0. The van der Waals surface area contributed by atoms with Crippen molar-refractivity contribution in [2.75, 3.05) is 16.2 Å². The van der Waals surface area contributed by atoms with E-state index in [1.54, 1.807) is 34.5 Å². The van der Waals surface area contributed by atoms with Crippen molar-refractivity contribution in [3.63, 3.8) is 0 Å². The third-order valence-corrected chi connectivity index (χ3v) is 6.88. The lowest BCUT2D eigenvalue weighted by Crippen LogP contribution is -2.32. The van der Waals surface area contributed by atoms with Crippen LogP contribution in [0.1, 0.15) is 13.4 Å². The molecule has 3 N–H and O–H groups in total. The van der Waals surface area contributed by atoms with Crippen LogP contribution in [0, 0.1) is 0 Å². The number of benzene rings is 2. The number of nitrogens with two attached hydrogens (primary N) is 1. The highest BCUT2D eigenvalue weighted by molar-refractivity contribution is 7.93.